The highest BCUT2D eigenvalue weighted by atomic mass is 16.5. The van der Waals surface area contributed by atoms with E-state index in [1.54, 1.807) is 7.11 Å². The van der Waals surface area contributed by atoms with Gasteiger partial charge in [-0.1, -0.05) is 0 Å². The number of hydrogen-bond donors (Lipinski definition) is 0. The Balaban J connectivity index is 0. The highest BCUT2D eigenvalue weighted by molar-refractivity contribution is 4.57. The summed E-state index contributed by atoms with van der Waals surface area (Å²) in [5.74, 6) is 0. The van der Waals surface area contributed by atoms with Crippen molar-refractivity contribution < 1.29 is 14.2 Å². The second kappa shape index (κ2) is 8.97. The number of methoxy groups -OCH3 is 1. The summed E-state index contributed by atoms with van der Waals surface area (Å²) in [4.78, 5) is 0. The smallest absolute Gasteiger partial charge is 0.0707 e. The molecule has 0 saturated heterocycles. The molecular formula is C13H30O3. The molecule has 0 aliphatic rings. The third-order valence-corrected chi connectivity index (χ3v) is 1.40. The van der Waals surface area contributed by atoms with Crippen LogP contribution >= 0.6 is 0 Å². The summed E-state index contributed by atoms with van der Waals surface area (Å²) in [7, 11) is 1.67. The fourth-order valence-electron chi connectivity index (χ4n) is 0.864. The van der Waals surface area contributed by atoms with Crippen LogP contribution < -0.4 is 0 Å². The molecule has 0 rings (SSSR count). The fourth-order valence-corrected chi connectivity index (χ4v) is 0.864. The molecule has 0 aromatic carbocycles. The lowest BCUT2D eigenvalue weighted by Gasteiger charge is -2.18. The highest BCUT2D eigenvalue weighted by Gasteiger charge is 2.08. The molecule has 3 heteroatoms. The van der Waals surface area contributed by atoms with E-state index in [9.17, 15) is 0 Å². The first-order valence-electron chi connectivity index (χ1n) is 5.89. The van der Waals surface area contributed by atoms with Crippen molar-refractivity contribution in [2.24, 2.45) is 0 Å². The summed E-state index contributed by atoms with van der Waals surface area (Å²) < 4.78 is 15.4. The van der Waals surface area contributed by atoms with Crippen molar-refractivity contribution in [1.29, 1.82) is 0 Å². The van der Waals surface area contributed by atoms with E-state index in [1.807, 2.05) is 27.7 Å². The molecule has 0 aliphatic heterocycles. The molecule has 0 atom stereocenters. The Morgan fingerprint density at radius 1 is 0.750 bits per heavy atom. The molecule has 0 aromatic rings. The number of hydrogen-bond acceptors (Lipinski definition) is 3. The van der Waals surface area contributed by atoms with Crippen LogP contribution in [0.3, 0.4) is 0 Å². The zero-order chi connectivity index (χ0) is 13.2. The molecule has 0 N–H and O–H groups in total. The Morgan fingerprint density at radius 2 is 1.19 bits per heavy atom. The van der Waals surface area contributed by atoms with Gasteiger partial charge < -0.3 is 14.2 Å². The van der Waals surface area contributed by atoms with Crippen molar-refractivity contribution >= 4 is 0 Å². The van der Waals surface area contributed by atoms with Crippen LogP contribution in [0.25, 0.3) is 0 Å². The summed E-state index contributed by atoms with van der Waals surface area (Å²) >= 11 is 0. The maximum absolute atomic E-state index is 5.34. The van der Waals surface area contributed by atoms with Gasteiger partial charge in [-0.3, -0.25) is 0 Å². The minimum Gasteiger partial charge on any atom is -0.382 e. The average Bonchev–Trinajstić information content (AvgIpc) is 2.01. The van der Waals surface area contributed by atoms with Crippen molar-refractivity contribution in [2.45, 2.75) is 59.7 Å². The van der Waals surface area contributed by atoms with Gasteiger partial charge in [-0.25, -0.2) is 0 Å². The van der Waals surface area contributed by atoms with Crippen LogP contribution in [-0.2, 0) is 14.2 Å². The van der Waals surface area contributed by atoms with Gasteiger partial charge in [0.25, 0.3) is 0 Å². The topological polar surface area (TPSA) is 27.7 Å². The maximum atomic E-state index is 5.34. The quantitative estimate of drug-likeness (QED) is 0.699. The fraction of sp³-hybridized carbons (Fsp3) is 1.00. The van der Waals surface area contributed by atoms with Crippen LogP contribution in [0, 0.1) is 0 Å². The first-order chi connectivity index (χ1) is 7.12. The van der Waals surface area contributed by atoms with Crippen molar-refractivity contribution in [1.82, 2.24) is 0 Å². The second-order valence-corrected chi connectivity index (χ2v) is 5.50. The summed E-state index contributed by atoms with van der Waals surface area (Å²) in [6.45, 7) is 16.4. The molecule has 0 saturated carbocycles. The molecule has 0 heterocycles. The summed E-state index contributed by atoms with van der Waals surface area (Å²) in [5, 5.41) is 0. The molecular weight excluding hydrogens is 204 g/mol. The van der Waals surface area contributed by atoms with E-state index in [0.29, 0.717) is 13.2 Å². The van der Waals surface area contributed by atoms with Gasteiger partial charge in [-0.15, -0.1) is 0 Å². The molecule has 16 heavy (non-hydrogen) atoms. The Labute approximate surface area is 101 Å². The van der Waals surface area contributed by atoms with Crippen LogP contribution in [-0.4, -0.2) is 38.1 Å². The van der Waals surface area contributed by atoms with Gasteiger partial charge in [0, 0.05) is 13.7 Å². The lowest BCUT2D eigenvalue weighted by atomic mass is 10.2. The first kappa shape index (κ1) is 18.3. The zero-order valence-corrected chi connectivity index (χ0v) is 12.3. The highest BCUT2D eigenvalue weighted by Crippen LogP contribution is 2.05. The maximum Gasteiger partial charge on any atom is 0.0707 e. The van der Waals surface area contributed by atoms with E-state index >= 15 is 0 Å². The predicted molar refractivity (Wildman–Crippen MR) is 69.0 cm³/mol. The van der Waals surface area contributed by atoms with Crippen molar-refractivity contribution in [2.75, 3.05) is 26.9 Å². The average molecular weight is 234 g/mol. The summed E-state index contributed by atoms with van der Waals surface area (Å²) in [5.41, 5.74) is 0.0211. The molecule has 0 radical (unpaired) electrons. The van der Waals surface area contributed by atoms with E-state index in [1.165, 1.54) is 0 Å². The predicted octanol–water partition coefficient (Wildman–Crippen LogP) is 3.27. The second-order valence-electron chi connectivity index (χ2n) is 5.50. The van der Waals surface area contributed by atoms with Gasteiger partial charge in [0.2, 0.25) is 0 Å². The van der Waals surface area contributed by atoms with Gasteiger partial charge in [0.1, 0.15) is 0 Å². The molecule has 0 aromatic heterocycles. The molecule has 0 fully saturated rings. The van der Waals surface area contributed by atoms with Gasteiger partial charge in [-0.05, 0) is 48.5 Å². The van der Waals surface area contributed by atoms with Gasteiger partial charge in [-0.2, -0.15) is 0 Å². The van der Waals surface area contributed by atoms with Gasteiger partial charge in [0.05, 0.1) is 24.4 Å². The lowest BCUT2D eigenvalue weighted by molar-refractivity contribution is -0.0270. The normalized spacial score (nSPS) is 12.0. The number of ether oxygens (including phenoxy) is 3. The van der Waals surface area contributed by atoms with Crippen molar-refractivity contribution in [3.63, 3.8) is 0 Å². The van der Waals surface area contributed by atoms with Crippen LogP contribution in [0.15, 0.2) is 0 Å². The Hall–Kier alpha value is -0.120. The van der Waals surface area contributed by atoms with E-state index in [0.717, 1.165) is 6.61 Å². The Bertz CT molecular complexity index is 142. The van der Waals surface area contributed by atoms with E-state index in [-0.39, 0.29) is 11.2 Å². The Morgan fingerprint density at radius 3 is 1.38 bits per heavy atom. The molecule has 100 valence electrons. The first-order valence-corrected chi connectivity index (χ1v) is 5.89. The third kappa shape index (κ3) is 23.6. The summed E-state index contributed by atoms with van der Waals surface area (Å²) in [6, 6.07) is 0. The van der Waals surface area contributed by atoms with Crippen LogP contribution in [0.4, 0.5) is 0 Å². The SMILES string of the molecule is CCOC(C)(C)C.COCCOC(C)(C)C. The zero-order valence-electron chi connectivity index (χ0n) is 12.3. The van der Waals surface area contributed by atoms with E-state index < -0.39 is 0 Å². The number of rotatable bonds is 4. The molecule has 0 amide bonds. The molecule has 0 bridgehead atoms. The monoisotopic (exact) mass is 234 g/mol. The van der Waals surface area contributed by atoms with E-state index in [2.05, 4.69) is 20.8 Å². The van der Waals surface area contributed by atoms with Crippen molar-refractivity contribution in [3.05, 3.63) is 0 Å². The summed E-state index contributed by atoms with van der Waals surface area (Å²) in [6.07, 6.45) is 0. The van der Waals surface area contributed by atoms with Gasteiger partial charge >= 0.3 is 0 Å². The Kier molecular flexibility index (Phi) is 10.2. The van der Waals surface area contributed by atoms with Crippen LogP contribution in [0.5, 0.6) is 0 Å². The standard InChI is InChI=1S/C7H16O2.C6H14O/c1-7(2,3)9-6-5-8-4;1-5-7-6(2,3)4/h5-6H2,1-4H3;5H2,1-4H3. The minimum absolute atomic E-state index is 0.0292. The van der Waals surface area contributed by atoms with Crippen LogP contribution in [0.2, 0.25) is 0 Å². The molecule has 0 unspecified atom stereocenters. The minimum atomic E-state index is -0.0292. The van der Waals surface area contributed by atoms with E-state index in [4.69, 9.17) is 14.2 Å². The molecule has 3 nitrogen and oxygen atoms in total. The lowest BCUT2D eigenvalue weighted by Crippen LogP contribution is -2.21. The van der Waals surface area contributed by atoms with Crippen molar-refractivity contribution in [3.8, 4) is 0 Å². The van der Waals surface area contributed by atoms with Gasteiger partial charge in [0.15, 0.2) is 0 Å². The molecule has 0 spiro atoms. The van der Waals surface area contributed by atoms with Crippen LogP contribution in [0.1, 0.15) is 48.5 Å². The largest absolute Gasteiger partial charge is 0.382 e. The third-order valence-electron chi connectivity index (χ3n) is 1.40. The molecule has 0 aliphatic carbocycles.